The third kappa shape index (κ3) is 4.56. The summed E-state index contributed by atoms with van der Waals surface area (Å²) in [5.74, 6) is 0.976. The summed E-state index contributed by atoms with van der Waals surface area (Å²) in [5, 5.41) is 0. The molecule has 1 aliphatic carbocycles. The molecular formula is C20H32O5. The van der Waals surface area contributed by atoms with Crippen molar-refractivity contribution >= 4 is 5.97 Å². The van der Waals surface area contributed by atoms with Gasteiger partial charge in [-0.3, -0.25) is 0 Å². The summed E-state index contributed by atoms with van der Waals surface area (Å²) in [5.41, 5.74) is 0. The predicted molar refractivity (Wildman–Crippen MR) is 93.5 cm³/mol. The zero-order valence-corrected chi connectivity index (χ0v) is 15.8. The van der Waals surface area contributed by atoms with Gasteiger partial charge in [0.05, 0.1) is 19.3 Å². The molecule has 3 aliphatic rings. The third-order valence-electron chi connectivity index (χ3n) is 5.63. The summed E-state index contributed by atoms with van der Waals surface area (Å²) < 4.78 is 23.1. The lowest BCUT2D eigenvalue weighted by molar-refractivity contribution is -0.269. The average molecular weight is 352 g/mol. The molecule has 2 heterocycles. The normalized spacial score (nSPS) is 33.4. The topological polar surface area (TPSA) is 54.0 Å². The van der Waals surface area contributed by atoms with Gasteiger partial charge in [-0.2, -0.15) is 0 Å². The number of rotatable bonds is 6. The fourth-order valence-corrected chi connectivity index (χ4v) is 4.41. The number of hydrogen-bond donors (Lipinski definition) is 0. The molecule has 0 aromatic rings. The van der Waals surface area contributed by atoms with Crippen molar-refractivity contribution < 1.29 is 23.7 Å². The molecule has 1 saturated carbocycles. The minimum atomic E-state index is -0.759. The molecule has 0 N–H and O–H groups in total. The van der Waals surface area contributed by atoms with Gasteiger partial charge in [-0.15, -0.1) is 0 Å². The number of allylic oxidation sites excluding steroid dienone is 1. The monoisotopic (exact) mass is 352 g/mol. The van der Waals surface area contributed by atoms with Gasteiger partial charge in [0, 0.05) is 18.8 Å². The largest absolute Gasteiger partial charge is 0.456 e. The van der Waals surface area contributed by atoms with E-state index < -0.39 is 5.79 Å². The molecule has 3 rings (SSSR count). The smallest absolute Gasteiger partial charge is 0.337 e. The molecule has 2 aliphatic heterocycles. The van der Waals surface area contributed by atoms with Crippen molar-refractivity contribution in [3.63, 3.8) is 0 Å². The Morgan fingerprint density at radius 1 is 1.16 bits per heavy atom. The summed E-state index contributed by atoms with van der Waals surface area (Å²) in [6, 6.07) is 0. The van der Waals surface area contributed by atoms with Crippen LogP contribution in [-0.2, 0) is 23.7 Å². The molecule has 0 aromatic heterocycles. The second-order valence-corrected chi connectivity index (χ2v) is 8.10. The van der Waals surface area contributed by atoms with E-state index in [9.17, 15) is 4.79 Å². The van der Waals surface area contributed by atoms with Crippen LogP contribution in [-0.4, -0.2) is 31.3 Å². The van der Waals surface area contributed by atoms with Gasteiger partial charge in [0.2, 0.25) is 0 Å². The molecule has 2 fully saturated rings. The molecule has 0 amide bonds. The van der Waals surface area contributed by atoms with Gasteiger partial charge in [-0.1, -0.05) is 20.8 Å². The van der Waals surface area contributed by atoms with Crippen molar-refractivity contribution in [1.82, 2.24) is 0 Å². The van der Waals surface area contributed by atoms with Crippen LogP contribution in [0.25, 0.3) is 0 Å². The van der Waals surface area contributed by atoms with Crippen LogP contribution in [0.15, 0.2) is 11.8 Å². The maximum atomic E-state index is 12.2. The Morgan fingerprint density at radius 3 is 2.64 bits per heavy atom. The van der Waals surface area contributed by atoms with E-state index >= 15 is 0 Å². The molecule has 0 radical (unpaired) electrons. The zero-order valence-electron chi connectivity index (χ0n) is 15.8. The van der Waals surface area contributed by atoms with Gasteiger partial charge in [-0.25, -0.2) is 4.79 Å². The zero-order chi connectivity index (χ0) is 17.9. The number of unbranched alkanes of at least 4 members (excludes halogenated alkanes) is 1. The number of ether oxygens (including phenoxy) is 4. The standard InChI is InChI=1S/C20H32O5/c1-14(2)17-9-8-15(3)13-20(17)24-16(12-18(21)25-20)6-4-5-7-19-22-10-11-23-19/h12,14-15,17,19H,4-11,13H2,1-3H3/t15-,17+,20+/m1/s1. The molecule has 5 heteroatoms. The first-order valence-electron chi connectivity index (χ1n) is 9.84. The highest BCUT2D eigenvalue weighted by molar-refractivity contribution is 5.83. The van der Waals surface area contributed by atoms with E-state index in [1.807, 2.05) is 0 Å². The summed E-state index contributed by atoms with van der Waals surface area (Å²) >= 11 is 0. The lowest BCUT2D eigenvalue weighted by atomic mass is 9.72. The van der Waals surface area contributed by atoms with Gasteiger partial charge in [0.15, 0.2) is 6.29 Å². The number of esters is 1. The Balaban J connectivity index is 1.58. The third-order valence-corrected chi connectivity index (χ3v) is 5.63. The summed E-state index contributed by atoms with van der Waals surface area (Å²) in [6.07, 6.45) is 8.12. The van der Waals surface area contributed by atoms with Crippen LogP contribution in [0.4, 0.5) is 0 Å². The molecule has 3 atom stereocenters. The first-order valence-corrected chi connectivity index (χ1v) is 9.84. The van der Waals surface area contributed by atoms with E-state index in [4.69, 9.17) is 18.9 Å². The molecule has 1 saturated heterocycles. The highest BCUT2D eigenvalue weighted by atomic mass is 16.7. The first kappa shape index (κ1) is 18.7. The van der Waals surface area contributed by atoms with Gasteiger partial charge in [0.1, 0.15) is 5.76 Å². The Kier molecular flexibility index (Phi) is 6.05. The van der Waals surface area contributed by atoms with Crippen LogP contribution in [0, 0.1) is 17.8 Å². The van der Waals surface area contributed by atoms with E-state index in [1.165, 1.54) is 12.5 Å². The van der Waals surface area contributed by atoms with Crippen LogP contribution >= 0.6 is 0 Å². The second kappa shape index (κ2) is 8.09. The van der Waals surface area contributed by atoms with Gasteiger partial charge >= 0.3 is 5.97 Å². The van der Waals surface area contributed by atoms with Crippen molar-refractivity contribution in [3.05, 3.63) is 11.8 Å². The molecule has 0 aromatic carbocycles. The quantitative estimate of drug-likeness (QED) is 0.530. The van der Waals surface area contributed by atoms with Gasteiger partial charge < -0.3 is 18.9 Å². The van der Waals surface area contributed by atoms with E-state index in [-0.39, 0.29) is 18.2 Å². The summed E-state index contributed by atoms with van der Waals surface area (Å²) in [4.78, 5) is 12.2. The van der Waals surface area contributed by atoms with Gasteiger partial charge in [-0.05, 0) is 43.9 Å². The first-order chi connectivity index (χ1) is 12.0. The molecule has 0 unspecified atom stereocenters. The molecule has 25 heavy (non-hydrogen) atoms. The van der Waals surface area contributed by atoms with Crippen molar-refractivity contribution in [2.75, 3.05) is 13.2 Å². The minimum Gasteiger partial charge on any atom is -0.456 e. The fourth-order valence-electron chi connectivity index (χ4n) is 4.41. The summed E-state index contributed by atoms with van der Waals surface area (Å²) in [7, 11) is 0. The van der Waals surface area contributed by atoms with Crippen molar-refractivity contribution in [2.24, 2.45) is 17.8 Å². The number of carbonyl (C=O) groups is 1. The molecule has 5 nitrogen and oxygen atoms in total. The maximum Gasteiger partial charge on any atom is 0.337 e. The SMILES string of the molecule is CC(C)[C@@H]1CC[C@@H](C)C[C@]12OC(=O)C=C(CCCCC1OCCO1)O2. The number of hydrogen-bond acceptors (Lipinski definition) is 5. The van der Waals surface area contributed by atoms with Crippen molar-refractivity contribution in [1.29, 1.82) is 0 Å². The van der Waals surface area contributed by atoms with E-state index in [0.717, 1.165) is 44.3 Å². The Morgan fingerprint density at radius 2 is 1.92 bits per heavy atom. The second-order valence-electron chi connectivity index (χ2n) is 8.10. The van der Waals surface area contributed by atoms with Crippen LogP contribution in [0.1, 0.15) is 65.7 Å². The van der Waals surface area contributed by atoms with Crippen molar-refractivity contribution in [2.45, 2.75) is 77.8 Å². The van der Waals surface area contributed by atoms with E-state index in [2.05, 4.69) is 20.8 Å². The lowest BCUT2D eigenvalue weighted by Gasteiger charge is -2.48. The maximum absolute atomic E-state index is 12.2. The molecule has 142 valence electrons. The Hall–Kier alpha value is -1.07. The lowest BCUT2D eigenvalue weighted by Crippen LogP contribution is -2.52. The highest BCUT2D eigenvalue weighted by Gasteiger charge is 2.51. The number of carbonyl (C=O) groups excluding carboxylic acids is 1. The predicted octanol–water partition coefficient (Wildman–Crippen LogP) is 4.17. The Labute approximate surface area is 151 Å². The van der Waals surface area contributed by atoms with Crippen LogP contribution in [0.2, 0.25) is 0 Å². The highest BCUT2D eigenvalue weighted by Crippen LogP contribution is 2.47. The Bertz CT molecular complexity index is 494. The molecule has 0 bridgehead atoms. The fraction of sp³-hybridized carbons (Fsp3) is 0.850. The average Bonchev–Trinajstić information content (AvgIpc) is 3.03. The molecular weight excluding hydrogens is 320 g/mol. The minimum absolute atomic E-state index is 0.0536. The molecule has 1 spiro atoms. The van der Waals surface area contributed by atoms with E-state index in [1.54, 1.807) is 0 Å². The van der Waals surface area contributed by atoms with E-state index in [0.29, 0.717) is 25.0 Å². The van der Waals surface area contributed by atoms with Crippen LogP contribution < -0.4 is 0 Å². The summed E-state index contributed by atoms with van der Waals surface area (Å²) in [6.45, 7) is 8.00. The van der Waals surface area contributed by atoms with Crippen LogP contribution in [0.5, 0.6) is 0 Å². The van der Waals surface area contributed by atoms with Crippen LogP contribution in [0.3, 0.4) is 0 Å². The van der Waals surface area contributed by atoms with Gasteiger partial charge in [0.25, 0.3) is 5.79 Å². The van der Waals surface area contributed by atoms with Crippen molar-refractivity contribution in [3.8, 4) is 0 Å².